The lowest BCUT2D eigenvalue weighted by Gasteiger charge is -2.29. The Labute approximate surface area is 103 Å². The van der Waals surface area contributed by atoms with Gasteiger partial charge in [-0.05, 0) is 30.5 Å². The quantitative estimate of drug-likeness (QED) is 0.682. The zero-order chi connectivity index (χ0) is 12.7. The molecule has 0 saturated heterocycles. The summed E-state index contributed by atoms with van der Waals surface area (Å²) in [5, 5.41) is 22.0. The van der Waals surface area contributed by atoms with Gasteiger partial charge in [0, 0.05) is 25.1 Å². The Kier molecular flexibility index (Phi) is 5.45. The maximum absolute atomic E-state index is 9.44. The second-order valence-corrected chi connectivity index (χ2v) is 4.64. The number of aliphatic hydroxyl groups excluding tert-OH is 1. The first kappa shape index (κ1) is 14.0. The van der Waals surface area contributed by atoms with Crippen LogP contribution >= 0.6 is 0 Å². The Balaban J connectivity index is 2.43. The van der Waals surface area contributed by atoms with Gasteiger partial charge in [-0.25, -0.2) is 0 Å². The molecule has 3 nitrogen and oxygen atoms in total. The van der Waals surface area contributed by atoms with E-state index in [0.29, 0.717) is 5.75 Å². The number of hydrogen-bond acceptors (Lipinski definition) is 3. The molecule has 0 heterocycles. The standard InChI is InChI=1S/C14H23NO2/c1-3-14(4-2,11-16)10-15-9-12-5-7-13(17)8-6-12/h5-8,15-17H,3-4,9-11H2,1-2H3. The molecule has 0 amide bonds. The summed E-state index contributed by atoms with van der Waals surface area (Å²) < 4.78 is 0. The number of nitrogens with one attached hydrogen (secondary N) is 1. The van der Waals surface area contributed by atoms with Crippen molar-refractivity contribution in [1.29, 1.82) is 0 Å². The molecular formula is C14H23NO2. The Hall–Kier alpha value is -1.06. The predicted molar refractivity (Wildman–Crippen MR) is 69.9 cm³/mol. The van der Waals surface area contributed by atoms with Gasteiger partial charge < -0.3 is 15.5 Å². The van der Waals surface area contributed by atoms with Gasteiger partial charge in [-0.3, -0.25) is 0 Å². The lowest BCUT2D eigenvalue weighted by atomic mass is 9.83. The van der Waals surface area contributed by atoms with Crippen molar-refractivity contribution >= 4 is 0 Å². The first-order valence-corrected chi connectivity index (χ1v) is 6.25. The molecule has 3 N–H and O–H groups in total. The van der Waals surface area contributed by atoms with E-state index in [1.165, 1.54) is 0 Å². The second-order valence-electron chi connectivity index (χ2n) is 4.64. The highest BCUT2D eigenvalue weighted by molar-refractivity contribution is 5.25. The molecule has 0 radical (unpaired) electrons. The molecule has 17 heavy (non-hydrogen) atoms. The van der Waals surface area contributed by atoms with Crippen LogP contribution in [0.4, 0.5) is 0 Å². The van der Waals surface area contributed by atoms with Gasteiger partial charge >= 0.3 is 0 Å². The zero-order valence-electron chi connectivity index (χ0n) is 10.7. The number of aromatic hydroxyl groups is 1. The van der Waals surface area contributed by atoms with Gasteiger partial charge in [-0.1, -0.05) is 26.0 Å². The molecule has 0 aliphatic heterocycles. The Morgan fingerprint density at radius 1 is 1.12 bits per heavy atom. The molecule has 1 aromatic rings. The van der Waals surface area contributed by atoms with Crippen LogP contribution in [0.25, 0.3) is 0 Å². The average Bonchev–Trinajstić information content (AvgIpc) is 2.38. The monoisotopic (exact) mass is 237 g/mol. The summed E-state index contributed by atoms with van der Waals surface area (Å²) >= 11 is 0. The molecule has 0 aliphatic carbocycles. The summed E-state index contributed by atoms with van der Waals surface area (Å²) in [5.74, 6) is 0.292. The highest BCUT2D eigenvalue weighted by Gasteiger charge is 2.24. The van der Waals surface area contributed by atoms with Gasteiger partial charge in [0.25, 0.3) is 0 Å². The minimum absolute atomic E-state index is 0.00306. The molecule has 96 valence electrons. The van der Waals surface area contributed by atoms with E-state index in [-0.39, 0.29) is 12.0 Å². The summed E-state index contributed by atoms with van der Waals surface area (Å²) in [6.07, 6.45) is 1.95. The molecule has 1 rings (SSSR count). The van der Waals surface area contributed by atoms with E-state index in [2.05, 4.69) is 19.2 Å². The van der Waals surface area contributed by atoms with Crippen LogP contribution < -0.4 is 5.32 Å². The largest absolute Gasteiger partial charge is 0.508 e. The van der Waals surface area contributed by atoms with Gasteiger partial charge in [-0.15, -0.1) is 0 Å². The van der Waals surface area contributed by atoms with E-state index >= 15 is 0 Å². The van der Waals surface area contributed by atoms with E-state index in [0.717, 1.165) is 31.5 Å². The van der Waals surface area contributed by atoms with E-state index < -0.39 is 0 Å². The summed E-state index contributed by atoms with van der Waals surface area (Å²) in [6, 6.07) is 7.19. The molecule has 0 saturated carbocycles. The van der Waals surface area contributed by atoms with Crippen molar-refractivity contribution in [3.05, 3.63) is 29.8 Å². The summed E-state index contributed by atoms with van der Waals surface area (Å²) in [4.78, 5) is 0. The van der Waals surface area contributed by atoms with Gasteiger partial charge in [-0.2, -0.15) is 0 Å². The maximum Gasteiger partial charge on any atom is 0.115 e. The van der Waals surface area contributed by atoms with Crippen molar-refractivity contribution in [3.63, 3.8) is 0 Å². The van der Waals surface area contributed by atoms with Gasteiger partial charge in [0.2, 0.25) is 0 Å². The lowest BCUT2D eigenvalue weighted by molar-refractivity contribution is 0.113. The number of benzene rings is 1. The summed E-state index contributed by atoms with van der Waals surface area (Å²) in [6.45, 7) is 6.03. The van der Waals surface area contributed by atoms with Crippen LogP contribution in [0.2, 0.25) is 0 Å². The predicted octanol–water partition coefficient (Wildman–Crippen LogP) is 2.28. The smallest absolute Gasteiger partial charge is 0.115 e. The fourth-order valence-corrected chi connectivity index (χ4v) is 1.87. The van der Waals surface area contributed by atoms with Crippen LogP contribution in [0, 0.1) is 5.41 Å². The van der Waals surface area contributed by atoms with Crippen molar-refractivity contribution in [3.8, 4) is 5.75 Å². The van der Waals surface area contributed by atoms with Gasteiger partial charge in [0.05, 0.1) is 0 Å². The van der Waals surface area contributed by atoms with E-state index in [1.54, 1.807) is 12.1 Å². The van der Waals surface area contributed by atoms with Crippen LogP contribution in [-0.4, -0.2) is 23.4 Å². The third-order valence-electron chi connectivity index (χ3n) is 3.60. The van der Waals surface area contributed by atoms with Crippen molar-refractivity contribution in [2.24, 2.45) is 5.41 Å². The van der Waals surface area contributed by atoms with Crippen molar-refractivity contribution < 1.29 is 10.2 Å². The third-order valence-corrected chi connectivity index (χ3v) is 3.60. The molecule has 0 bridgehead atoms. The second kappa shape index (κ2) is 6.62. The average molecular weight is 237 g/mol. The Bertz CT molecular complexity index is 309. The van der Waals surface area contributed by atoms with Gasteiger partial charge in [0.15, 0.2) is 0 Å². The molecule has 0 atom stereocenters. The van der Waals surface area contributed by atoms with Crippen molar-refractivity contribution in [2.45, 2.75) is 33.2 Å². The van der Waals surface area contributed by atoms with Crippen LogP contribution in [0.15, 0.2) is 24.3 Å². The van der Waals surface area contributed by atoms with Crippen molar-refractivity contribution in [2.75, 3.05) is 13.2 Å². The summed E-state index contributed by atoms with van der Waals surface area (Å²) in [7, 11) is 0. The molecule has 0 spiro atoms. The Morgan fingerprint density at radius 3 is 2.18 bits per heavy atom. The minimum Gasteiger partial charge on any atom is -0.508 e. The third kappa shape index (κ3) is 4.02. The van der Waals surface area contributed by atoms with Gasteiger partial charge in [0.1, 0.15) is 5.75 Å². The topological polar surface area (TPSA) is 52.5 Å². The molecule has 0 aliphatic rings. The fourth-order valence-electron chi connectivity index (χ4n) is 1.87. The molecular weight excluding hydrogens is 214 g/mol. The van der Waals surface area contributed by atoms with E-state index in [1.807, 2.05) is 12.1 Å². The minimum atomic E-state index is -0.00306. The number of phenolic OH excluding ortho intramolecular Hbond substituents is 1. The number of aliphatic hydroxyl groups is 1. The highest BCUT2D eigenvalue weighted by atomic mass is 16.3. The van der Waals surface area contributed by atoms with Crippen molar-refractivity contribution in [1.82, 2.24) is 5.32 Å². The van der Waals surface area contributed by atoms with Crippen LogP contribution in [0.1, 0.15) is 32.3 Å². The van der Waals surface area contributed by atoms with E-state index in [9.17, 15) is 10.2 Å². The van der Waals surface area contributed by atoms with Crippen LogP contribution in [0.5, 0.6) is 5.75 Å². The van der Waals surface area contributed by atoms with Crippen LogP contribution in [0.3, 0.4) is 0 Å². The molecule has 0 aromatic heterocycles. The number of hydrogen-bond donors (Lipinski definition) is 3. The first-order chi connectivity index (χ1) is 8.15. The Morgan fingerprint density at radius 2 is 1.71 bits per heavy atom. The highest BCUT2D eigenvalue weighted by Crippen LogP contribution is 2.24. The summed E-state index contributed by atoms with van der Waals surface area (Å²) in [5.41, 5.74) is 1.14. The molecule has 0 fully saturated rings. The van der Waals surface area contributed by atoms with Crippen LogP contribution in [-0.2, 0) is 6.54 Å². The fraction of sp³-hybridized carbons (Fsp3) is 0.571. The zero-order valence-corrected chi connectivity index (χ0v) is 10.7. The lowest BCUT2D eigenvalue weighted by Crippen LogP contribution is -2.36. The first-order valence-electron chi connectivity index (χ1n) is 6.25. The molecule has 3 heteroatoms. The molecule has 0 unspecified atom stereocenters. The van der Waals surface area contributed by atoms with E-state index in [4.69, 9.17) is 0 Å². The number of rotatable bonds is 7. The normalized spacial score (nSPS) is 11.7. The number of phenols is 1. The SMILES string of the molecule is CCC(CC)(CO)CNCc1ccc(O)cc1. The molecule has 1 aromatic carbocycles. The maximum atomic E-state index is 9.44.